The number of carbonyl (C=O) groups is 2. The lowest BCUT2D eigenvalue weighted by Gasteiger charge is -2.22. The molecule has 0 aromatic carbocycles. The van der Waals surface area contributed by atoms with E-state index in [0.717, 1.165) is 11.1 Å². The molecule has 0 spiro atoms. The van der Waals surface area contributed by atoms with Crippen LogP contribution in [0, 0.1) is 5.92 Å². The minimum Gasteiger partial charge on any atom is -0.457 e. The number of ketones is 1. The van der Waals surface area contributed by atoms with Gasteiger partial charge in [-0.25, -0.2) is 0 Å². The van der Waals surface area contributed by atoms with E-state index < -0.39 is 6.10 Å². The number of hydrogen-bond donors (Lipinski definition) is 1. The van der Waals surface area contributed by atoms with Crippen molar-refractivity contribution in [2.45, 2.75) is 65.6 Å². The number of aliphatic hydroxyl groups is 1. The van der Waals surface area contributed by atoms with Crippen LogP contribution < -0.4 is 0 Å². The quantitative estimate of drug-likeness (QED) is 0.596. The third kappa shape index (κ3) is 5.46. The SMILES string of the molecule is C/C=C(/C)C1C/C=C(\C)C(O)CC(=O)CCC(C)C(=O)O1. The molecule has 1 heterocycles. The summed E-state index contributed by atoms with van der Waals surface area (Å²) in [5, 5.41) is 10.0. The van der Waals surface area contributed by atoms with Crippen LogP contribution >= 0.6 is 0 Å². The van der Waals surface area contributed by atoms with Crippen LogP contribution in [0.25, 0.3) is 0 Å². The first-order valence-electron chi connectivity index (χ1n) is 7.54. The second kappa shape index (κ2) is 8.13. The Balaban J connectivity index is 2.98. The predicted molar refractivity (Wildman–Crippen MR) is 81.7 cm³/mol. The molecule has 1 rings (SSSR count). The largest absolute Gasteiger partial charge is 0.457 e. The summed E-state index contributed by atoms with van der Waals surface area (Å²) >= 11 is 0. The summed E-state index contributed by atoms with van der Waals surface area (Å²) < 4.78 is 5.56. The Bertz CT molecular complexity index is 448. The van der Waals surface area contributed by atoms with Crippen molar-refractivity contribution in [3.63, 3.8) is 0 Å². The molecular formula is C17H26O4. The summed E-state index contributed by atoms with van der Waals surface area (Å²) in [7, 11) is 0. The van der Waals surface area contributed by atoms with Crippen LogP contribution in [-0.2, 0) is 14.3 Å². The highest BCUT2D eigenvalue weighted by Crippen LogP contribution is 2.20. The molecule has 118 valence electrons. The maximum Gasteiger partial charge on any atom is 0.309 e. The molecule has 4 heteroatoms. The number of hydrogen-bond acceptors (Lipinski definition) is 4. The Hall–Kier alpha value is -1.42. The third-order valence-corrected chi connectivity index (χ3v) is 4.08. The summed E-state index contributed by atoms with van der Waals surface area (Å²) in [6.07, 6.45) is 4.15. The molecule has 3 atom stereocenters. The highest BCUT2D eigenvalue weighted by Gasteiger charge is 2.23. The molecule has 3 unspecified atom stereocenters. The number of carbonyl (C=O) groups excluding carboxylic acids is 2. The van der Waals surface area contributed by atoms with Crippen molar-refractivity contribution < 1.29 is 19.4 Å². The first kappa shape index (κ1) is 17.6. The lowest BCUT2D eigenvalue weighted by molar-refractivity contribution is -0.151. The Morgan fingerprint density at radius 3 is 2.71 bits per heavy atom. The molecule has 0 aromatic rings. The molecule has 0 bridgehead atoms. The first-order chi connectivity index (χ1) is 9.85. The number of rotatable bonds is 1. The zero-order valence-electron chi connectivity index (χ0n) is 13.4. The molecule has 1 N–H and O–H groups in total. The van der Waals surface area contributed by atoms with E-state index in [1.165, 1.54) is 0 Å². The van der Waals surface area contributed by atoms with Gasteiger partial charge in [0.2, 0.25) is 0 Å². The Morgan fingerprint density at radius 2 is 2.10 bits per heavy atom. The summed E-state index contributed by atoms with van der Waals surface area (Å²) in [6, 6.07) is 0. The van der Waals surface area contributed by atoms with Gasteiger partial charge in [0.25, 0.3) is 0 Å². The third-order valence-electron chi connectivity index (χ3n) is 4.08. The standard InChI is InChI=1S/C17H26O4/c1-5-11(2)16-9-7-12(3)15(19)10-14(18)8-6-13(4)17(20)21-16/h5,7,13,15-16,19H,6,8-10H2,1-4H3/b11-5-,12-7+. The number of aliphatic hydroxyl groups excluding tert-OH is 1. The molecule has 0 saturated carbocycles. The summed E-state index contributed by atoms with van der Waals surface area (Å²) in [5.41, 5.74) is 1.74. The van der Waals surface area contributed by atoms with Crippen LogP contribution in [0.5, 0.6) is 0 Å². The summed E-state index contributed by atoms with van der Waals surface area (Å²) in [4.78, 5) is 23.9. The Labute approximate surface area is 126 Å². The molecule has 21 heavy (non-hydrogen) atoms. The molecule has 0 aliphatic carbocycles. The van der Waals surface area contributed by atoms with Crippen LogP contribution in [0.3, 0.4) is 0 Å². The molecule has 0 aromatic heterocycles. The molecule has 1 aliphatic rings. The van der Waals surface area contributed by atoms with Crippen LogP contribution in [0.4, 0.5) is 0 Å². The molecule has 0 fully saturated rings. The number of esters is 1. The van der Waals surface area contributed by atoms with E-state index in [9.17, 15) is 14.7 Å². The second-order valence-electron chi connectivity index (χ2n) is 5.84. The lowest BCUT2D eigenvalue weighted by atomic mass is 9.96. The van der Waals surface area contributed by atoms with Gasteiger partial charge in [0, 0.05) is 19.3 Å². The molecule has 4 nitrogen and oxygen atoms in total. The van der Waals surface area contributed by atoms with Crippen molar-refractivity contribution in [1.82, 2.24) is 0 Å². The van der Waals surface area contributed by atoms with E-state index in [1.54, 1.807) is 13.8 Å². The van der Waals surface area contributed by atoms with E-state index in [0.29, 0.717) is 19.3 Å². The normalized spacial score (nSPS) is 32.5. The smallest absolute Gasteiger partial charge is 0.309 e. The van der Waals surface area contributed by atoms with Gasteiger partial charge in [-0.2, -0.15) is 0 Å². The molecular weight excluding hydrogens is 268 g/mol. The van der Waals surface area contributed by atoms with Gasteiger partial charge in [-0.15, -0.1) is 0 Å². The fourth-order valence-corrected chi connectivity index (χ4v) is 2.17. The molecule has 0 saturated heterocycles. The van der Waals surface area contributed by atoms with Gasteiger partial charge < -0.3 is 9.84 Å². The van der Waals surface area contributed by atoms with Crippen molar-refractivity contribution in [3.05, 3.63) is 23.3 Å². The average molecular weight is 294 g/mol. The maximum absolute atomic E-state index is 12.1. The summed E-state index contributed by atoms with van der Waals surface area (Å²) in [5.74, 6) is -0.583. The fourth-order valence-electron chi connectivity index (χ4n) is 2.17. The van der Waals surface area contributed by atoms with Gasteiger partial charge in [0.15, 0.2) is 0 Å². The van der Waals surface area contributed by atoms with Crippen molar-refractivity contribution >= 4 is 11.8 Å². The van der Waals surface area contributed by atoms with E-state index in [2.05, 4.69) is 0 Å². The minimum absolute atomic E-state index is 0.0170. The van der Waals surface area contributed by atoms with Crippen LogP contribution in [0.2, 0.25) is 0 Å². The zero-order chi connectivity index (χ0) is 16.0. The second-order valence-corrected chi connectivity index (χ2v) is 5.84. The van der Waals surface area contributed by atoms with Crippen LogP contribution in [0.1, 0.15) is 53.4 Å². The monoisotopic (exact) mass is 294 g/mol. The number of cyclic esters (lactones) is 1. The first-order valence-corrected chi connectivity index (χ1v) is 7.54. The molecule has 1 aliphatic heterocycles. The van der Waals surface area contributed by atoms with Crippen molar-refractivity contribution in [1.29, 1.82) is 0 Å². The van der Waals surface area contributed by atoms with Crippen molar-refractivity contribution in [3.8, 4) is 0 Å². The van der Waals surface area contributed by atoms with Gasteiger partial charge in [-0.1, -0.05) is 19.1 Å². The van der Waals surface area contributed by atoms with Gasteiger partial charge in [0.1, 0.15) is 11.9 Å². The van der Waals surface area contributed by atoms with Gasteiger partial charge >= 0.3 is 5.97 Å². The van der Waals surface area contributed by atoms with E-state index in [1.807, 2.05) is 26.0 Å². The fraction of sp³-hybridized carbons (Fsp3) is 0.647. The predicted octanol–water partition coefficient (Wildman–Crippen LogP) is 2.95. The van der Waals surface area contributed by atoms with Gasteiger partial charge in [-0.3, -0.25) is 9.59 Å². The minimum atomic E-state index is -0.741. The highest BCUT2D eigenvalue weighted by molar-refractivity contribution is 5.80. The van der Waals surface area contributed by atoms with Crippen molar-refractivity contribution in [2.75, 3.05) is 0 Å². The number of allylic oxidation sites excluding steroid dienone is 1. The van der Waals surface area contributed by atoms with Crippen molar-refractivity contribution in [2.24, 2.45) is 5.92 Å². The maximum atomic E-state index is 12.1. The zero-order valence-corrected chi connectivity index (χ0v) is 13.4. The van der Waals surface area contributed by atoms with Gasteiger partial charge in [0.05, 0.1) is 12.0 Å². The molecule has 0 radical (unpaired) electrons. The summed E-state index contributed by atoms with van der Waals surface area (Å²) in [6.45, 7) is 7.42. The average Bonchev–Trinajstić information content (AvgIpc) is 2.46. The van der Waals surface area contributed by atoms with Crippen LogP contribution in [0.15, 0.2) is 23.3 Å². The molecule has 0 amide bonds. The lowest BCUT2D eigenvalue weighted by Crippen LogP contribution is -2.25. The number of Topliss-reactive ketones (excluding diaryl/α,β-unsaturated/α-hetero) is 1. The Morgan fingerprint density at radius 1 is 1.43 bits per heavy atom. The number of ether oxygens (including phenoxy) is 1. The van der Waals surface area contributed by atoms with E-state index in [-0.39, 0.29) is 30.2 Å². The van der Waals surface area contributed by atoms with Gasteiger partial charge in [-0.05, 0) is 38.3 Å². The van der Waals surface area contributed by atoms with E-state index >= 15 is 0 Å². The topological polar surface area (TPSA) is 63.6 Å². The van der Waals surface area contributed by atoms with E-state index in [4.69, 9.17) is 4.74 Å². The van der Waals surface area contributed by atoms with Crippen LogP contribution in [-0.4, -0.2) is 29.1 Å². The highest BCUT2D eigenvalue weighted by atomic mass is 16.5. The Kier molecular flexibility index (Phi) is 6.82.